The van der Waals surface area contributed by atoms with E-state index in [-0.39, 0.29) is 5.25 Å². The summed E-state index contributed by atoms with van der Waals surface area (Å²) >= 11 is 0. The number of hydrogen-bond donors (Lipinski definition) is 1. The van der Waals surface area contributed by atoms with Gasteiger partial charge in [0.2, 0.25) is 0 Å². The van der Waals surface area contributed by atoms with Gasteiger partial charge >= 0.3 is 0 Å². The fourth-order valence-electron chi connectivity index (χ4n) is 3.56. The van der Waals surface area contributed by atoms with Crippen LogP contribution in [0.2, 0.25) is 0 Å². The molecular formula is C12H23NO2S. The molecule has 0 amide bonds. The van der Waals surface area contributed by atoms with Crippen molar-refractivity contribution in [2.45, 2.75) is 56.2 Å². The Morgan fingerprint density at radius 1 is 1.06 bits per heavy atom. The van der Waals surface area contributed by atoms with Gasteiger partial charge in [-0.2, -0.15) is 0 Å². The summed E-state index contributed by atoms with van der Waals surface area (Å²) in [5.74, 6) is 1.15. The Morgan fingerprint density at radius 3 is 2.31 bits per heavy atom. The van der Waals surface area contributed by atoms with Gasteiger partial charge in [-0.1, -0.05) is 19.3 Å². The first-order valence-electron chi connectivity index (χ1n) is 6.43. The lowest BCUT2D eigenvalue weighted by Gasteiger charge is -2.33. The zero-order chi connectivity index (χ0) is 11.8. The van der Waals surface area contributed by atoms with Crippen LogP contribution in [0.15, 0.2) is 0 Å². The highest BCUT2D eigenvalue weighted by Crippen LogP contribution is 2.40. The third-order valence-electron chi connectivity index (χ3n) is 4.50. The highest BCUT2D eigenvalue weighted by Gasteiger charge is 2.37. The van der Waals surface area contributed by atoms with Gasteiger partial charge in [0.15, 0.2) is 0 Å². The van der Waals surface area contributed by atoms with Crippen molar-refractivity contribution in [2.24, 2.45) is 17.6 Å². The monoisotopic (exact) mass is 245 g/mol. The first-order valence-corrected chi connectivity index (χ1v) is 8.38. The molecule has 0 aliphatic heterocycles. The van der Waals surface area contributed by atoms with E-state index in [9.17, 15) is 8.42 Å². The molecular weight excluding hydrogens is 222 g/mol. The lowest BCUT2D eigenvalue weighted by molar-refractivity contribution is 0.236. The van der Waals surface area contributed by atoms with E-state index in [4.69, 9.17) is 5.73 Å². The van der Waals surface area contributed by atoms with Crippen LogP contribution in [0.1, 0.15) is 44.9 Å². The molecule has 16 heavy (non-hydrogen) atoms. The molecule has 4 unspecified atom stereocenters. The van der Waals surface area contributed by atoms with Gasteiger partial charge in [-0.3, -0.25) is 0 Å². The molecule has 2 fully saturated rings. The fraction of sp³-hybridized carbons (Fsp3) is 1.00. The van der Waals surface area contributed by atoms with Gasteiger partial charge in [0.25, 0.3) is 0 Å². The van der Waals surface area contributed by atoms with Crippen molar-refractivity contribution < 1.29 is 8.42 Å². The maximum atomic E-state index is 11.6. The van der Waals surface area contributed by atoms with Crippen LogP contribution in [0.25, 0.3) is 0 Å². The highest BCUT2D eigenvalue weighted by molar-refractivity contribution is 7.91. The Labute approximate surface area is 98.7 Å². The summed E-state index contributed by atoms with van der Waals surface area (Å²) in [6, 6.07) is 0.323. The second-order valence-electron chi connectivity index (χ2n) is 5.64. The van der Waals surface area contributed by atoms with E-state index in [0.29, 0.717) is 17.9 Å². The maximum absolute atomic E-state index is 11.6. The number of rotatable bonds is 2. The van der Waals surface area contributed by atoms with Crippen LogP contribution >= 0.6 is 0 Å². The van der Waals surface area contributed by atoms with Crippen molar-refractivity contribution in [3.8, 4) is 0 Å². The molecule has 4 heteroatoms. The van der Waals surface area contributed by atoms with Gasteiger partial charge in [0, 0.05) is 12.3 Å². The minimum atomic E-state index is -2.85. The topological polar surface area (TPSA) is 60.2 Å². The van der Waals surface area contributed by atoms with Crippen molar-refractivity contribution in [2.75, 3.05) is 6.26 Å². The van der Waals surface area contributed by atoms with E-state index < -0.39 is 9.84 Å². The van der Waals surface area contributed by atoms with E-state index in [0.717, 1.165) is 25.7 Å². The van der Waals surface area contributed by atoms with Crippen LogP contribution in [0.5, 0.6) is 0 Å². The Balaban J connectivity index is 2.01. The number of nitrogens with two attached hydrogens (primary N) is 1. The van der Waals surface area contributed by atoms with Gasteiger partial charge in [-0.25, -0.2) is 8.42 Å². The lowest BCUT2D eigenvalue weighted by atomic mass is 9.77. The molecule has 0 aromatic heterocycles. The predicted molar refractivity (Wildman–Crippen MR) is 65.9 cm³/mol. The molecule has 94 valence electrons. The molecule has 2 rings (SSSR count). The minimum Gasteiger partial charge on any atom is -0.327 e. The summed E-state index contributed by atoms with van der Waals surface area (Å²) in [4.78, 5) is 0. The summed E-state index contributed by atoms with van der Waals surface area (Å²) in [6.07, 6.45) is 8.91. The summed E-state index contributed by atoms with van der Waals surface area (Å²) in [5.41, 5.74) is 6.11. The van der Waals surface area contributed by atoms with Crippen molar-refractivity contribution in [1.29, 1.82) is 0 Å². The second-order valence-corrected chi connectivity index (χ2v) is 7.96. The summed E-state index contributed by atoms with van der Waals surface area (Å²) in [5, 5.41) is -0.0981. The van der Waals surface area contributed by atoms with E-state index in [1.54, 1.807) is 0 Å². The highest BCUT2D eigenvalue weighted by atomic mass is 32.2. The van der Waals surface area contributed by atoms with Crippen molar-refractivity contribution in [1.82, 2.24) is 0 Å². The second kappa shape index (κ2) is 4.65. The molecule has 2 aliphatic rings. The molecule has 0 radical (unpaired) electrons. The average molecular weight is 245 g/mol. The molecule has 0 aromatic rings. The van der Waals surface area contributed by atoms with Crippen molar-refractivity contribution in [3.63, 3.8) is 0 Å². The third kappa shape index (κ3) is 2.59. The average Bonchev–Trinajstić information content (AvgIpc) is 2.63. The molecule has 2 aliphatic carbocycles. The van der Waals surface area contributed by atoms with Crippen LogP contribution in [0, 0.1) is 11.8 Å². The molecule has 0 spiro atoms. The molecule has 4 atom stereocenters. The maximum Gasteiger partial charge on any atom is 0.150 e. The van der Waals surface area contributed by atoms with Gasteiger partial charge in [-0.05, 0) is 37.5 Å². The van der Waals surface area contributed by atoms with Crippen LogP contribution in [0.4, 0.5) is 0 Å². The van der Waals surface area contributed by atoms with Gasteiger partial charge in [0.1, 0.15) is 9.84 Å². The van der Waals surface area contributed by atoms with Gasteiger partial charge in [-0.15, -0.1) is 0 Å². The first-order chi connectivity index (χ1) is 7.48. The first kappa shape index (κ1) is 12.4. The van der Waals surface area contributed by atoms with Crippen LogP contribution < -0.4 is 5.73 Å². The summed E-state index contributed by atoms with van der Waals surface area (Å²) < 4.78 is 23.2. The Hall–Kier alpha value is -0.0900. The number of hydrogen-bond acceptors (Lipinski definition) is 3. The smallest absolute Gasteiger partial charge is 0.150 e. The quantitative estimate of drug-likeness (QED) is 0.806. The predicted octanol–water partition coefficient (Wildman–Crippen LogP) is 1.72. The standard InChI is InChI=1S/C12H23NO2S/c1-16(14,15)10-5-2-4-9(8-10)11-6-3-7-12(11)13/h9-12H,2-8,13H2,1H3. The third-order valence-corrected chi connectivity index (χ3v) is 6.14. The Bertz CT molecular complexity index is 339. The molecule has 3 nitrogen and oxygen atoms in total. The zero-order valence-electron chi connectivity index (χ0n) is 10.1. The molecule has 0 saturated heterocycles. The number of sulfone groups is 1. The summed E-state index contributed by atoms with van der Waals surface area (Å²) in [7, 11) is -2.85. The molecule has 2 saturated carbocycles. The fourth-order valence-corrected chi connectivity index (χ4v) is 4.75. The largest absolute Gasteiger partial charge is 0.327 e. The lowest BCUT2D eigenvalue weighted by Crippen LogP contribution is -2.36. The minimum absolute atomic E-state index is 0.0981. The molecule has 0 bridgehead atoms. The van der Waals surface area contributed by atoms with E-state index in [2.05, 4.69) is 0 Å². The van der Waals surface area contributed by atoms with Gasteiger partial charge in [0.05, 0.1) is 5.25 Å². The zero-order valence-corrected chi connectivity index (χ0v) is 10.9. The van der Waals surface area contributed by atoms with Crippen LogP contribution in [0.3, 0.4) is 0 Å². The molecule has 0 heterocycles. The van der Waals surface area contributed by atoms with E-state index >= 15 is 0 Å². The van der Waals surface area contributed by atoms with Crippen LogP contribution in [-0.4, -0.2) is 26.0 Å². The van der Waals surface area contributed by atoms with Crippen LogP contribution in [-0.2, 0) is 9.84 Å². The van der Waals surface area contributed by atoms with Gasteiger partial charge < -0.3 is 5.73 Å². The van der Waals surface area contributed by atoms with Crippen molar-refractivity contribution >= 4 is 9.84 Å². The van der Waals surface area contributed by atoms with Crippen molar-refractivity contribution in [3.05, 3.63) is 0 Å². The SMILES string of the molecule is CS(=O)(=O)C1CCCC(C2CCCC2N)C1. The van der Waals surface area contributed by atoms with E-state index in [1.165, 1.54) is 25.5 Å². The molecule has 2 N–H and O–H groups in total. The summed E-state index contributed by atoms with van der Waals surface area (Å²) in [6.45, 7) is 0. The Kier molecular flexibility index (Phi) is 3.59. The Morgan fingerprint density at radius 2 is 1.75 bits per heavy atom. The van der Waals surface area contributed by atoms with E-state index in [1.807, 2.05) is 0 Å². The normalized spacial score (nSPS) is 41.1. The molecule has 0 aromatic carbocycles.